The molecule has 0 spiro atoms. The van der Waals surface area contributed by atoms with Gasteiger partial charge in [-0.2, -0.15) is 10.5 Å². The summed E-state index contributed by atoms with van der Waals surface area (Å²) in [4.78, 5) is 10.5. The summed E-state index contributed by atoms with van der Waals surface area (Å²) in [6.07, 6.45) is -2.36. The second-order valence-corrected chi connectivity index (χ2v) is 8.40. The Morgan fingerprint density at radius 3 is 2.50 bits per heavy atom. The van der Waals surface area contributed by atoms with Crippen LogP contribution in [0.3, 0.4) is 0 Å². The molecular formula is C21H18F3N5O2S. The van der Waals surface area contributed by atoms with Gasteiger partial charge in [0.2, 0.25) is 0 Å². The van der Waals surface area contributed by atoms with Gasteiger partial charge in [-0.15, -0.1) is 11.8 Å². The molecule has 2 aliphatic heterocycles. The maximum Gasteiger partial charge on any atom is 0.272 e. The van der Waals surface area contributed by atoms with Gasteiger partial charge in [-0.05, 0) is 12.1 Å². The highest BCUT2D eigenvalue weighted by Gasteiger charge is 2.33. The van der Waals surface area contributed by atoms with E-state index in [1.165, 1.54) is 30.1 Å². The molecule has 0 aromatic carbocycles. The van der Waals surface area contributed by atoms with E-state index in [2.05, 4.69) is 22.1 Å². The van der Waals surface area contributed by atoms with Gasteiger partial charge in [0, 0.05) is 17.2 Å². The van der Waals surface area contributed by atoms with Gasteiger partial charge >= 0.3 is 0 Å². The van der Waals surface area contributed by atoms with Gasteiger partial charge in [0.05, 0.1) is 43.8 Å². The molecule has 11 heteroatoms. The molecule has 32 heavy (non-hydrogen) atoms. The van der Waals surface area contributed by atoms with Crippen LogP contribution in [0.5, 0.6) is 5.75 Å². The minimum atomic E-state index is -2.62. The molecule has 166 valence electrons. The highest BCUT2D eigenvalue weighted by molar-refractivity contribution is 7.99. The van der Waals surface area contributed by atoms with Gasteiger partial charge < -0.3 is 14.4 Å². The van der Waals surface area contributed by atoms with Crippen molar-refractivity contribution in [2.45, 2.75) is 17.6 Å². The number of nitriles is 2. The molecule has 0 saturated carbocycles. The molecule has 0 radical (unpaired) electrons. The number of ether oxygens (including phenoxy) is 2. The van der Waals surface area contributed by atoms with Gasteiger partial charge in [0.25, 0.3) is 6.43 Å². The fraction of sp³-hybridized carbons (Fsp3) is 0.429. The van der Waals surface area contributed by atoms with E-state index in [4.69, 9.17) is 9.47 Å². The van der Waals surface area contributed by atoms with E-state index < -0.39 is 19.2 Å². The smallest absolute Gasteiger partial charge is 0.272 e. The van der Waals surface area contributed by atoms with Gasteiger partial charge in [-0.25, -0.2) is 18.2 Å². The molecule has 0 unspecified atom stereocenters. The van der Waals surface area contributed by atoms with Gasteiger partial charge in [0.1, 0.15) is 47.1 Å². The Labute approximate surface area is 186 Å². The zero-order valence-corrected chi connectivity index (χ0v) is 17.6. The number of halogens is 3. The van der Waals surface area contributed by atoms with Crippen molar-refractivity contribution in [2.75, 3.05) is 43.6 Å². The normalized spacial score (nSPS) is 16.2. The summed E-state index contributed by atoms with van der Waals surface area (Å²) < 4.78 is 48.5. The number of hydrogen-bond acceptors (Lipinski definition) is 8. The van der Waals surface area contributed by atoms with E-state index in [1.807, 2.05) is 0 Å². The molecule has 4 rings (SSSR count). The lowest BCUT2D eigenvalue weighted by Gasteiger charge is -2.36. The van der Waals surface area contributed by atoms with Crippen LogP contribution in [0.25, 0.3) is 11.3 Å². The fourth-order valence-electron chi connectivity index (χ4n) is 3.30. The number of nitrogens with zero attached hydrogens (tertiary/aromatic N) is 5. The Morgan fingerprint density at radius 1 is 1.22 bits per heavy atom. The molecule has 0 N–H and O–H groups in total. The lowest BCUT2D eigenvalue weighted by Crippen LogP contribution is -2.49. The molecule has 0 aliphatic carbocycles. The second kappa shape index (κ2) is 9.63. The van der Waals surface area contributed by atoms with E-state index in [9.17, 15) is 23.7 Å². The number of hydrogen-bond donors (Lipinski definition) is 0. The van der Waals surface area contributed by atoms with Crippen LogP contribution in [-0.2, 0) is 4.74 Å². The molecule has 2 aliphatic rings. The number of thioether (sulfide) groups is 1. The van der Waals surface area contributed by atoms with Crippen LogP contribution in [0.1, 0.15) is 11.1 Å². The monoisotopic (exact) mass is 461 g/mol. The van der Waals surface area contributed by atoms with Crippen molar-refractivity contribution in [1.29, 1.82) is 10.5 Å². The van der Waals surface area contributed by atoms with Crippen molar-refractivity contribution in [3.8, 4) is 29.1 Å². The van der Waals surface area contributed by atoms with E-state index in [0.29, 0.717) is 41.4 Å². The molecule has 4 heterocycles. The standard InChI is InChI=1S/C21H18F3N5O2S/c22-13-6-29(7-13)20-15(3-25)19(17-2-1-14(5-27-17)31-10-18(23)24)16(4-26)21(28-20)32-11-12-8-30-9-12/h1-2,5,12-13,18H,6-11H2. The van der Waals surface area contributed by atoms with Gasteiger partial charge in [-0.1, -0.05) is 0 Å². The van der Waals surface area contributed by atoms with E-state index >= 15 is 0 Å². The Kier molecular flexibility index (Phi) is 6.68. The van der Waals surface area contributed by atoms with Crippen molar-refractivity contribution in [3.05, 3.63) is 29.5 Å². The molecule has 0 amide bonds. The minimum absolute atomic E-state index is 0.113. The third kappa shape index (κ3) is 4.59. The molecule has 2 saturated heterocycles. The number of anilines is 1. The quantitative estimate of drug-likeness (QED) is 0.552. The van der Waals surface area contributed by atoms with Crippen LogP contribution < -0.4 is 9.64 Å². The summed E-state index contributed by atoms with van der Waals surface area (Å²) in [6, 6.07) is 7.18. The summed E-state index contributed by atoms with van der Waals surface area (Å²) in [6.45, 7) is 0.742. The molecule has 0 bridgehead atoms. The van der Waals surface area contributed by atoms with E-state index in [0.717, 1.165) is 0 Å². The topological polar surface area (TPSA) is 95.1 Å². The van der Waals surface area contributed by atoms with Crippen molar-refractivity contribution in [3.63, 3.8) is 0 Å². The lowest BCUT2D eigenvalue weighted by molar-refractivity contribution is -0.0196. The summed E-state index contributed by atoms with van der Waals surface area (Å²) >= 11 is 1.39. The van der Waals surface area contributed by atoms with Crippen LogP contribution in [-0.4, -0.2) is 61.2 Å². The largest absolute Gasteiger partial charge is 0.486 e. The van der Waals surface area contributed by atoms with Crippen molar-refractivity contribution in [1.82, 2.24) is 9.97 Å². The first-order chi connectivity index (χ1) is 15.5. The highest BCUT2D eigenvalue weighted by Crippen LogP contribution is 2.39. The third-order valence-corrected chi connectivity index (χ3v) is 6.24. The number of alkyl halides is 3. The molecule has 0 atom stereocenters. The Bertz CT molecular complexity index is 1060. The SMILES string of the molecule is N#Cc1c(SCC2COC2)nc(N2CC(F)C2)c(C#N)c1-c1ccc(OCC(F)F)cn1. The van der Waals surface area contributed by atoms with Gasteiger partial charge in [0.15, 0.2) is 0 Å². The Balaban J connectivity index is 1.75. The van der Waals surface area contributed by atoms with E-state index in [1.54, 1.807) is 4.90 Å². The van der Waals surface area contributed by atoms with Crippen LogP contribution in [0.2, 0.25) is 0 Å². The maximum absolute atomic E-state index is 13.5. The summed E-state index contributed by atoms with van der Waals surface area (Å²) in [5.41, 5.74) is 0.910. The van der Waals surface area contributed by atoms with Crippen LogP contribution in [0, 0.1) is 28.6 Å². The van der Waals surface area contributed by atoms with E-state index in [-0.39, 0.29) is 35.5 Å². The fourth-order valence-corrected chi connectivity index (χ4v) is 4.33. The number of rotatable bonds is 8. The average molecular weight is 461 g/mol. The second-order valence-electron chi connectivity index (χ2n) is 7.39. The number of pyridine rings is 2. The zero-order chi connectivity index (χ0) is 22.7. The predicted molar refractivity (Wildman–Crippen MR) is 111 cm³/mol. The summed E-state index contributed by atoms with van der Waals surface area (Å²) in [5, 5.41) is 20.2. The highest BCUT2D eigenvalue weighted by atomic mass is 32.2. The van der Waals surface area contributed by atoms with Crippen LogP contribution in [0.15, 0.2) is 23.4 Å². The first-order valence-electron chi connectivity index (χ1n) is 9.85. The third-order valence-electron chi connectivity index (χ3n) is 5.04. The molecule has 2 aromatic heterocycles. The predicted octanol–water partition coefficient (Wildman–Crippen LogP) is 3.43. The van der Waals surface area contributed by atoms with Crippen LogP contribution in [0.4, 0.5) is 19.0 Å². The average Bonchev–Trinajstić information content (AvgIpc) is 2.73. The molecule has 2 fully saturated rings. The van der Waals surface area contributed by atoms with Crippen molar-refractivity contribution < 1.29 is 22.6 Å². The van der Waals surface area contributed by atoms with Gasteiger partial charge in [-0.3, -0.25) is 4.98 Å². The van der Waals surface area contributed by atoms with Crippen molar-refractivity contribution >= 4 is 17.6 Å². The molecular weight excluding hydrogens is 443 g/mol. The maximum atomic E-state index is 13.5. The molecule has 7 nitrogen and oxygen atoms in total. The Morgan fingerprint density at radius 2 is 1.97 bits per heavy atom. The zero-order valence-electron chi connectivity index (χ0n) is 16.8. The first kappa shape index (κ1) is 22.2. The Hall–Kier alpha value is -3.02. The summed E-state index contributed by atoms with van der Waals surface area (Å²) in [7, 11) is 0. The summed E-state index contributed by atoms with van der Waals surface area (Å²) in [5.74, 6) is 1.48. The first-order valence-corrected chi connectivity index (χ1v) is 10.8. The molecule has 2 aromatic rings. The van der Waals surface area contributed by atoms with Crippen molar-refractivity contribution in [2.24, 2.45) is 5.92 Å². The van der Waals surface area contributed by atoms with Crippen LogP contribution >= 0.6 is 11.8 Å². The lowest BCUT2D eigenvalue weighted by atomic mass is 9.99. The minimum Gasteiger partial charge on any atom is -0.486 e. The number of aromatic nitrogens is 2.